The van der Waals surface area contributed by atoms with E-state index in [1.807, 2.05) is 18.8 Å². The van der Waals surface area contributed by atoms with Gasteiger partial charge in [0.1, 0.15) is 5.75 Å². The monoisotopic (exact) mass is 223 g/mol. The number of hydrogen-bond acceptors (Lipinski definition) is 3. The second-order valence-electron chi connectivity index (χ2n) is 3.74. The zero-order chi connectivity index (χ0) is 10.7. The molecule has 0 fully saturated rings. The number of ether oxygens (including phenoxy) is 1. The van der Waals surface area contributed by atoms with E-state index in [-0.39, 0.29) is 0 Å². The Morgan fingerprint density at radius 1 is 1.47 bits per heavy atom. The van der Waals surface area contributed by atoms with Crippen LogP contribution in [0.15, 0.2) is 23.1 Å². The van der Waals surface area contributed by atoms with Crippen LogP contribution in [-0.2, 0) is 0 Å². The maximum absolute atomic E-state index is 5.26. The van der Waals surface area contributed by atoms with Crippen LogP contribution in [0.4, 0.5) is 0 Å². The van der Waals surface area contributed by atoms with Crippen molar-refractivity contribution in [2.45, 2.75) is 23.8 Å². The number of fused-ring (bicyclic) bond motifs is 1. The van der Waals surface area contributed by atoms with E-state index >= 15 is 0 Å². The SMILES string of the molecule is CNC1CCCSc2cc(OC)ccc21. The number of nitrogens with one attached hydrogen (secondary N) is 1. The van der Waals surface area contributed by atoms with E-state index in [1.165, 1.54) is 29.1 Å². The van der Waals surface area contributed by atoms with Gasteiger partial charge in [-0.05, 0) is 43.3 Å². The lowest BCUT2D eigenvalue weighted by Gasteiger charge is -2.16. The van der Waals surface area contributed by atoms with Gasteiger partial charge >= 0.3 is 0 Å². The van der Waals surface area contributed by atoms with Gasteiger partial charge in [0.25, 0.3) is 0 Å². The highest BCUT2D eigenvalue weighted by atomic mass is 32.2. The zero-order valence-electron chi connectivity index (χ0n) is 9.25. The van der Waals surface area contributed by atoms with Crippen LogP contribution in [0.2, 0.25) is 0 Å². The second-order valence-corrected chi connectivity index (χ2v) is 4.87. The van der Waals surface area contributed by atoms with E-state index in [4.69, 9.17) is 4.74 Å². The summed E-state index contributed by atoms with van der Waals surface area (Å²) in [6.07, 6.45) is 2.50. The summed E-state index contributed by atoms with van der Waals surface area (Å²) in [7, 11) is 3.76. The number of benzene rings is 1. The lowest BCUT2D eigenvalue weighted by Crippen LogP contribution is -2.16. The standard InChI is InChI=1S/C12H17NOS/c1-13-11-4-3-7-15-12-8-9(14-2)5-6-10(11)12/h5-6,8,11,13H,3-4,7H2,1-2H3. The van der Waals surface area contributed by atoms with Gasteiger partial charge in [-0.2, -0.15) is 0 Å². The Kier molecular flexibility index (Phi) is 3.54. The first-order chi connectivity index (χ1) is 7.35. The molecule has 15 heavy (non-hydrogen) atoms. The minimum absolute atomic E-state index is 0.501. The van der Waals surface area contributed by atoms with Crippen molar-refractivity contribution in [3.05, 3.63) is 23.8 Å². The van der Waals surface area contributed by atoms with Crippen LogP contribution in [0.5, 0.6) is 5.75 Å². The molecule has 0 saturated carbocycles. The summed E-state index contributed by atoms with van der Waals surface area (Å²) in [6.45, 7) is 0. The lowest BCUT2D eigenvalue weighted by molar-refractivity contribution is 0.413. The quantitative estimate of drug-likeness (QED) is 0.833. The molecular weight excluding hydrogens is 206 g/mol. The molecule has 0 radical (unpaired) electrons. The van der Waals surface area contributed by atoms with E-state index < -0.39 is 0 Å². The summed E-state index contributed by atoms with van der Waals surface area (Å²) < 4.78 is 5.26. The highest BCUT2D eigenvalue weighted by molar-refractivity contribution is 7.99. The predicted octanol–water partition coefficient (Wildman–Crippen LogP) is 2.84. The molecule has 1 aliphatic heterocycles. The minimum Gasteiger partial charge on any atom is -0.497 e. The molecule has 1 unspecified atom stereocenters. The van der Waals surface area contributed by atoms with E-state index in [0.29, 0.717) is 6.04 Å². The summed E-state index contributed by atoms with van der Waals surface area (Å²) in [5.41, 5.74) is 1.42. The molecule has 0 saturated heterocycles. The van der Waals surface area contributed by atoms with Gasteiger partial charge in [0.2, 0.25) is 0 Å². The van der Waals surface area contributed by atoms with Crippen LogP contribution >= 0.6 is 11.8 Å². The maximum Gasteiger partial charge on any atom is 0.119 e. The van der Waals surface area contributed by atoms with Gasteiger partial charge in [0, 0.05) is 10.9 Å². The molecule has 3 heteroatoms. The molecule has 1 heterocycles. The average Bonchev–Trinajstić information content (AvgIpc) is 2.49. The molecule has 0 aliphatic carbocycles. The van der Waals surface area contributed by atoms with Crippen LogP contribution in [0.25, 0.3) is 0 Å². The number of hydrogen-bond donors (Lipinski definition) is 1. The molecule has 1 N–H and O–H groups in total. The van der Waals surface area contributed by atoms with Crippen molar-refractivity contribution in [2.24, 2.45) is 0 Å². The topological polar surface area (TPSA) is 21.3 Å². The molecule has 82 valence electrons. The lowest BCUT2D eigenvalue weighted by atomic mass is 10.0. The van der Waals surface area contributed by atoms with Crippen molar-refractivity contribution in [3.63, 3.8) is 0 Å². The van der Waals surface area contributed by atoms with Crippen LogP contribution in [-0.4, -0.2) is 19.9 Å². The van der Waals surface area contributed by atoms with Gasteiger partial charge in [0.15, 0.2) is 0 Å². The van der Waals surface area contributed by atoms with Crippen LogP contribution < -0.4 is 10.1 Å². The largest absolute Gasteiger partial charge is 0.497 e. The van der Waals surface area contributed by atoms with Crippen LogP contribution in [0, 0.1) is 0 Å². The molecule has 0 amide bonds. The highest BCUT2D eigenvalue weighted by Gasteiger charge is 2.17. The first-order valence-electron chi connectivity index (χ1n) is 5.33. The number of methoxy groups -OCH3 is 1. The third-order valence-electron chi connectivity index (χ3n) is 2.84. The van der Waals surface area contributed by atoms with Crippen molar-refractivity contribution < 1.29 is 4.74 Å². The Bertz CT molecular complexity index is 340. The summed E-state index contributed by atoms with van der Waals surface area (Å²) >= 11 is 1.94. The first kappa shape index (κ1) is 10.8. The van der Waals surface area contributed by atoms with Crippen molar-refractivity contribution in [1.29, 1.82) is 0 Å². The van der Waals surface area contributed by atoms with E-state index in [0.717, 1.165) is 5.75 Å². The number of rotatable bonds is 2. The van der Waals surface area contributed by atoms with Gasteiger partial charge in [-0.25, -0.2) is 0 Å². The molecule has 1 aromatic carbocycles. The summed E-state index contributed by atoms with van der Waals surface area (Å²) in [5.74, 6) is 2.16. The van der Waals surface area contributed by atoms with Crippen molar-refractivity contribution in [3.8, 4) is 5.75 Å². The van der Waals surface area contributed by atoms with Crippen LogP contribution in [0.3, 0.4) is 0 Å². The van der Waals surface area contributed by atoms with Gasteiger partial charge in [-0.1, -0.05) is 6.07 Å². The van der Waals surface area contributed by atoms with Gasteiger partial charge in [-0.15, -0.1) is 11.8 Å². The molecule has 2 rings (SSSR count). The van der Waals surface area contributed by atoms with Crippen molar-refractivity contribution in [1.82, 2.24) is 5.32 Å². The fourth-order valence-corrected chi connectivity index (χ4v) is 3.09. The molecule has 1 aliphatic rings. The Morgan fingerprint density at radius 3 is 3.07 bits per heavy atom. The zero-order valence-corrected chi connectivity index (χ0v) is 10.1. The van der Waals surface area contributed by atoms with Gasteiger partial charge in [-0.3, -0.25) is 0 Å². The van der Waals surface area contributed by atoms with Gasteiger partial charge in [0.05, 0.1) is 7.11 Å². The Morgan fingerprint density at radius 2 is 2.33 bits per heavy atom. The van der Waals surface area contributed by atoms with Crippen LogP contribution in [0.1, 0.15) is 24.4 Å². The first-order valence-corrected chi connectivity index (χ1v) is 6.31. The Labute approximate surface area is 95.4 Å². The van der Waals surface area contributed by atoms with E-state index in [9.17, 15) is 0 Å². The average molecular weight is 223 g/mol. The predicted molar refractivity (Wildman–Crippen MR) is 64.8 cm³/mol. The molecular formula is C12H17NOS. The molecule has 1 atom stereocenters. The second kappa shape index (κ2) is 4.90. The summed E-state index contributed by atoms with van der Waals surface area (Å²) in [5, 5.41) is 3.38. The third kappa shape index (κ3) is 2.29. The molecule has 0 bridgehead atoms. The molecule has 2 nitrogen and oxygen atoms in total. The van der Waals surface area contributed by atoms with Gasteiger partial charge < -0.3 is 10.1 Å². The van der Waals surface area contributed by atoms with Crippen molar-refractivity contribution >= 4 is 11.8 Å². The molecule has 0 spiro atoms. The highest BCUT2D eigenvalue weighted by Crippen LogP contribution is 2.36. The van der Waals surface area contributed by atoms with E-state index in [2.05, 4.69) is 23.5 Å². The minimum atomic E-state index is 0.501. The van der Waals surface area contributed by atoms with Crippen molar-refractivity contribution in [2.75, 3.05) is 19.9 Å². The molecule has 1 aromatic rings. The Hall–Kier alpha value is -0.670. The van der Waals surface area contributed by atoms with E-state index in [1.54, 1.807) is 7.11 Å². The maximum atomic E-state index is 5.26. The number of thioether (sulfide) groups is 1. The summed E-state index contributed by atoms with van der Waals surface area (Å²) in [4.78, 5) is 1.37. The fourth-order valence-electron chi connectivity index (χ4n) is 1.98. The Balaban J connectivity index is 2.36. The summed E-state index contributed by atoms with van der Waals surface area (Å²) in [6, 6.07) is 6.89. The smallest absolute Gasteiger partial charge is 0.119 e. The fraction of sp³-hybridized carbons (Fsp3) is 0.500. The molecule has 0 aromatic heterocycles. The normalized spacial score (nSPS) is 20.5. The third-order valence-corrected chi connectivity index (χ3v) is 4.00.